The van der Waals surface area contributed by atoms with Crippen molar-refractivity contribution in [3.05, 3.63) is 78.1 Å². The van der Waals surface area contributed by atoms with Gasteiger partial charge in [0.25, 0.3) is 0 Å². The predicted octanol–water partition coefficient (Wildman–Crippen LogP) is 3.32. The summed E-state index contributed by atoms with van der Waals surface area (Å²) in [5.74, 6) is 0.158. The Morgan fingerprint density at radius 3 is 2.52 bits per heavy atom. The summed E-state index contributed by atoms with van der Waals surface area (Å²) in [5.41, 5.74) is 2.31. The molecule has 0 aliphatic carbocycles. The third kappa shape index (κ3) is 5.01. The maximum Gasteiger partial charge on any atom is 0.214 e. The van der Waals surface area contributed by atoms with Crippen LogP contribution in [0.1, 0.15) is 17.5 Å². The Morgan fingerprint density at radius 2 is 1.66 bits per heavy atom. The lowest BCUT2D eigenvalue weighted by molar-refractivity contribution is 0.278. The average molecular weight is 410 g/mol. The summed E-state index contributed by atoms with van der Waals surface area (Å²) in [6, 6.07) is 18.3. The van der Waals surface area contributed by atoms with E-state index in [2.05, 4.69) is 28.1 Å². The van der Waals surface area contributed by atoms with E-state index < -0.39 is 10.0 Å². The Balaban J connectivity index is 1.38. The number of nitrogens with zero attached hydrogens (tertiary/aromatic N) is 3. The van der Waals surface area contributed by atoms with E-state index in [1.54, 1.807) is 16.7 Å². The number of hydrogen-bond acceptors (Lipinski definition) is 4. The predicted molar refractivity (Wildman–Crippen MR) is 117 cm³/mol. The molecule has 29 heavy (non-hydrogen) atoms. The minimum Gasteiger partial charge on any atom is -0.298 e. The molecule has 0 atom stereocenters. The van der Waals surface area contributed by atoms with Gasteiger partial charge in [-0.3, -0.25) is 9.88 Å². The van der Waals surface area contributed by atoms with Crippen LogP contribution in [0.3, 0.4) is 0 Å². The van der Waals surface area contributed by atoms with Crippen molar-refractivity contribution in [1.29, 1.82) is 0 Å². The summed E-state index contributed by atoms with van der Waals surface area (Å²) in [6.45, 7) is 3.67. The van der Waals surface area contributed by atoms with Crippen molar-refractivity contribution >= 4 is 20.8 Å². The van der Waals surface area contributed by atoms with Crippen molar-refractivity contribution in [2.75, 3.05) is 31.9 Å². The number of pyridine rings is 1. The third-order valence-corrected chi connectivity index (χ3v) is 7.48. The molecule has 0 spiro atoms. The van der Waals surface area contributed by atoms with E-state index in [1.807, 2.05) is 36.4 Å². The first-order valence-corrected chi connectivity index (χ1v) is 11.8. The monoisotopic (exact) mass is 409 g/mol. The molecule has 0 amide bonds. The smallest absolute Gasteiger partial charge is 0.214 e. The fourth-order valence-corrected chi connectivity index (χ4v) is 5.51. The second-order valence-corrected chi connectivity index (χ2v) is 9.68. The van der Waals surface area contributed by atoms with Crippen LogP contribution < -0.4 is 0 Å². The van der Waals surface area contributed by atoms with Gasteiger partial charge in [0.2, 0.25) is 10.0 Å². The first kappa shape index (κ1) is 20.0. The van der Waals surface area contributed by atoms with Gasteiger partial charge in [0.1, 0.15) is 0 Å². The van der Waals surface area contributed by atoms with E-state index in [0.717, 1.165) is 42.4 Å². The molecule has 1 saturated heterocycles. The number of rotatable bonds is 6. The van der Waals surface area contributed by atoms with Gasteiger partial charge < -0.3 is 0 Å². The molecule has 0 saturated carbocycles. The molecule has 3 aromatic rings. The van der Waals surface area contributed by atoms with Gasteiger partial charge in [-0.2, -0.15) is 0 Å². The van der Waals surface area contributed by atoms with Gasteiger partial charge in [-0.1, -0.05) is 42.5 Å². The molecule has 6 heteroatoms. The van der Waals surface area contributed by atoms with Crippen molar-refractivity contribution in [3.63, 3.8) is 0 Å². The number of aryl methyl sites for hydroxylation is 1. The zero-order valence-corrected chi connectivity index (χ0v) is 17.4. The molecule has 0 unspecified atom stereocenters. The molecule has 1 aliphatic rings. The highest BCUT2D eigenvalue weighted by molar-refractivity contribution is 7.89. The summed E-state index contributed by atoms with van der Waals surface area (Å²) in [4.78, 5) is 6.39. The van der Waals surface area contributed by atoms with Gasteiger partial charge in [-0.15, -0.1) is 0 Å². The van der Waals surface area contributed by atoms with Crippen LogP contribution in [0, 0.1) is 0 Å². The quantitative estimate of drug-likeness (QED) is 0.627. The van der Waals surface area contributed by atoms with Crippen LogP contribution in [0.15, 0.2) is 67.0 Å². The van der Waals surface area contributed by atoms with Crippen LogP contribution in [-0.4, -0.2) is 54.5 Å². The highest BCUT2D eigenvalue weighted by Gasteiger charge is 2.25. The summed E-state index contributed by atoms with van der Waals surface area (Å²) < 4.78 is 27.7. The molecule has 4 rings (SSSR count). The molecule has 0 N–H and O–H groups in total. The Hall–Kier alpha value is -2.28. The number of fused-ring (bicyclic) bond motifs is 1. The zero-order chi connectivity index (χ0) is 20.1. The summed E-state index contributed by atoms with van der Waals surface area (Å²) in [5, 5.41) is 2.30. The van der Waals surface area contributed by atoms with Gasteiger partial charge >= 0.3 is 0 Å². The highest BCUT2D eigenvalue weighted by atomic mass is 32.2. The average Bonchev–Trinajstić information content (AvgIpc) is 2.99. The second kappa shape index (κ2) is 9.03. The fraction of sp³-hybridized carbons (Fsp3) is 0.348. The van der Waals surface area contributed by atoms with Gasteiger partial charge in [0.15, 0.2) is 0 Å². The van der Waals surface area contributed by atoms with Crippen molar-refractivity contribution < 1.29 is 8.42 Å². The van der Waals surface area contributed by atoms with E-state index >= 15 is 0 Å². The normalized spacial score (nSPS) is 16.7. The molecule has 5 nitrogen and oxygen atoms in total. The molecule has 2 aromatic carbocycles. The highest BCUT2D eigenvalue weighted by Crippen LogP contribution is 2.20. The number of aromatic nitrogens is 1. The van der Waals surface area contributed by atoms with Gasteiger partial charge in [0, 0.05) is 38.6 Å². The molecular formula is C23H27N3O2S. The maximum atomic E-state index is 13.0. The lowest BCUT2D eigenvalue weighted by Crippen LogP contribution is -2.37. The molecule has 0 bridgehead atoms. The molecule has 1 aliphatic heterocycles. The Bertz CT molecular complexity index is 1050. The SMILES string of the molecule is O=S(=O)(CCc1cccc2ccccc12)N1CCCN(Cc2ccncc2)CC1. The lowest BCUT2D eigenvalue weighted by Gasteiger charge is -2.22. The van der Waals surface area contributed by atoms with Crippen LogP contribution in [0.5, 0.6) is 0 Å². The molecule has 0 radical (unpaired) electrons. The largest absolute Gasteiger partial charge is 0.298 e. The Kier molecular flexibility index (Phi) is 6.23. The van der Waals surface area contributed by atoms with Crippen molar-refractivity contribution in [3.8, 4) is 0 Å². The van der Waals surface area contributed by atoms with E-state index in [1.165, 1.54) is 5.56 Å². The molecule has 1 aromatic heterocycles. The van der Waals surface area contributed by atoms with Crippen molar-refractivity contribution in [1.82, 2.24) is 14.2 Å². The first-order valence-electron chi connectivity index (χ1n) is 10.2. The van der Waals surface area contributed by atoms with Gasteiger partial charge in [-0.05, 0) is 53.4 Å². The van der Waals surface area contributed by atoms with Gasteiger partial charge in [-0.25, -0.2) is 12.7 Å². The molecular weight excluding hydrogens is 382 g/mol. The number of hydrogen-bond donors (Lipinski definition) is 0. The summed E-state index contributed by atoms with van der Waals surface area (Å²) in [7, 11) is -3.27. The Labute approximate surface area is 173 Å². The first-order chi connectivity index (χ1) is 14.1. The molecule has 152 valence electrons. The standard InChI is InChI=1S/C23H27N3O2S/c27-29(28,18-11-22-7-3-6-21-5-1-2-8-23(21)22)26-15-4-14-25(16-17-26)19-20-9-12-24-13-10-20/h1-3,5-10,12-13H,4,11,14-19H2. The fourth-order valence-electron chi connectivity index (χ4n) is 4.01. The zero-order valence-electron chi connectivity index (χ0n) is 16.6. The summed E-state index contributed by atoms with van der Waals surface area (Å²) in [6.07, 6.45) is 5.01. The van der Waals surface area contributed by atoms with E-state index in [4.69, 9.17) is 0 Å². The van der Waals surface area contributed by atoms with E-state index in [9.17, 15) is 8.42 Å². The van der Waals surface area contributed by atoms with Gasteiger partial charge in [0.05, 0.1) is 5.75 Å². The van der Waals surface area contributed by atoms with E-state index in [-0.39, 0.29) is 5.75 Å². The van der Waals surface area contributed by atoms with Crippen LogP contribution in [-0.2, 0) is 23.0 Å². The van der Waals surface area contributed by atoms with Crippen LogP contribution in [0.4, 0.5) is 0 Å². The van der Waals surface area contributed by atoms with Crippen LogP contribution >= 0.6 is 0 Å². The van der Waals surface area contributed by atoms with Crippen LogP contribution in [0.25, 0.3) is 10.8 Å². The molecule has 2 heterocycles. The maximum absolute atomic E-state index is 13.0. The van der Waals surface area contributed by atoms with Crippen molar-refractivity contribution in [2.24, 2.45) is 0 Å². The summed E-state index contributed by atoms with van der Waals surface area (Å²) >= 11 is 0. The topological polar surface area (TPSA) is 53.5 Å². The number of benzene rings is 2. The minimum absolute atomic E-state index is 0.158. The van der Waals surface area contributed by atoms with E-state index in [0.29, 0.717) is 19.5 Å². The third-order valence-electron chi connectivity index (χ3n) is 5.61. The lowest BCUT2D eigenvalue weighted by atomic mass is 10.0. The second-order valence-electron chi connectivity index (χ2n) is 7.59. The number of sulfonamides is 1. The van der Waals surface area contributed by atoms with Crippen molar-refractivity contribution in [2.45, 2.75) is 19.4 Å². The molecule has 1 fully saturated rings. The van der Waals surface area contributed by atoms with Crippen LogP contribution in [0.2, 0.25) is 0 Å². The Morgan fingerprint density at radius 1 is 0.862 bits per heavy atom. The minimum atomic E-state index is -3.27.